The maximum Gasteiger partial charge on any atom is 0.169 e. The molecule has 1 fully saturated rings. The van der Waals surface area contributed by atoms with Gasteiger partial charge in [0.2, 0.25) is 0 Å². The first kappa shape index (κ1) is 16.6. The van der Waals surface area contributed by atoms with Crippen molar-refractivity contribution in [2.75, 3.05) is 44.9 Å². The largest absolute Gasteiger partial charge is 0.494 e. The molecule has 0 amide bonds. The highest BCUT2D eigenvalue weighted by molar-refractivity contribution is 7.89. The number of nitrogens with zero attached hydrogens (tertiary/aromatic N) is 1. The lowest BCUT2D eigenvalue weighted by molar-refractivity contribution is 0.0358. The smallest absolute Gasteiger partial charge is 0.169 e. The van der Waals surface area contributed by atoms with Gasteiger partial charge in [0.25, 0.3) is 0 Å². The maximum absolute atomic E-state index is 11.6. The molecule has 0 saturated carbocycles. The molecule has 1 aliphatic rings. The lowest BCUT2D eigenvalue weighted by Crippen LogP contribution is -2.37. The van der Waals surface area contributed by atoms with Gasteiger partial charge < -0.3 is 9.47 Å². The van der Waals surface area contributed by atoms with Gasteiger partial charge in [0.15, 0.2) is 8.46 Å². The lowest BCUT2D eigenvalue weighted by atomic mass is 10.3. The Morgan fingerprint density at radius 3 is 2.62 bits per heavy atom. The molecule has 1 aromatic rings. The lowest BCUT2D eigenvalue weighted by Gasteiger charge is -2.26. The molecule has 0 spiro atoms. The molecule has 1 heterocycles. The average Bonchev–Trinajstić information content (AvgIpc) is 2.53. The first-order chi connectivity index (χ1) is 10.3. The Labute approximate surface area is 129 Å². The van der Waals surface area contributed by atoms with Crippen molar-refractivity contribution in [3.05, 3.63) is 24.3 Å². The first-order valence-corrected chi connectivity index (χ1v) is 9.32. The van der Waals surface area contributed by atoms with Crippen LogP contribution in [0.4, 0.5) is 0 Å². The highest BCUT2D eigenvalue weighted by Crippen LogP contribution is 2.16. The molecule has 0 bridgehead atoms. The third-order valence-corrected chi connectivity index (χ3v) is 5.41. The molecule has 1 aromatic carbocycles. The van der Waals surface area contributed by atoms with Gasteiger partial charge in [0.05, 0.1) is 30.6 Å². The zero-order chi connectivity index (χ0) is 14.9. The minimum absolute atomic E-state index is 0.0940. The van der Waals surface area contributed by atoms with Gasteiger partial charge in [0, 0.05) is 24.5 Å². The van der Waals surface area contributed by atoms with Gasteiger partial charge in [-0.2, -0.15) is 0 Å². The molecular weight excluding hydrogens is 309 g/mol. The van der Waals surface area contributed by atoms with Crippen LogP contribution in [0, 0.1) is 0 Å². The molecule has 1 saturated heterocycles. The molecule has 0 N–H and O–H groups in total. The van der Waals surface area contributed by atoms with Crippen LogP contribution in [-0.2, 0) is 20.1 Å². The van der Waals surface area contributed by atoms with Crippen molar-refractivity contribution in [1.82, 2.24) is 4.90 Å². The minimum Gasteiger partial charge on any atom is -0.494 e. The van der Waals surface area contributed by atoms with Crippen LogP contribution in [0.5, 0.6) is 5.75 Å². The van der Waals surface area contributed by atoms with Crippen LogP contribution >= 0.6 is 8.46 Å². The minimum atomic E-state index is -1.20. The van der Waals surface area contributed by atoms with Gasteiger partial charge in [-0.1, -0.05) is 0 Å². The third kappa shape index (κ3) is 5.83. The van der Waals surface area contributed by atoms with E-state index in [4.69, 9.17) is 9.47 Å². The van der Waals surface area contributed by atoms with Crippen LogP contribution in [0.25, 0.3) is 0 Å². The van der Waals surface area contributed by atoms with Crippen molar-refractivity contribution < 1.29 is 18.2 Å². The van der Waals surface area contributed by atoms with Crippen molar-refractivity contribution in [3.8, 4) is 5.75 Å². The topological polar surface area (TPSA) is 55.8 Å². The molecular formula is C14H20NO4PS. The van der Waals surface area contributed by atoms with E-state index >= 15 is 0 Å². The summed E-state index contributed by atoms with van der Waals surface area (Å²) in [5, 5.41) is 0. The van der Waals surface area contributed by atoms with E-state index in [0.717, 1.165) is 45.0 Å². The second-order valence-corrected chi connectivity index (χ2v) is 7.18. The highest BCUT2D eigenvalue weighted by Gasteiger charge is 2.09. The molecule has 0 aromatic heterocycles. The second kappa shape index (κ2) is 9.26. The standard InChI is InChI=1S/C14H20NO4PS/c16-20-12-21(17)14-4-2-13(3-5-14)19-9-1-6-15-7-10-18-11-8-15/h2-5H,1,6-12H2. The van der Waals surface area contributed by atoms with Gasteiger partial charge in [-0.05, 0) is 30.7 Å². The Hall–Kier alpha value is -0.810. The quantitative estimate of drug-likeness (QED) is 0.540. The molecule has 0 radical (unpaired) electrons. The Balaban J connectivity index is 1.68. The van der Waals surface area contributed by atoms with E-state index < -0.39 is 10.8 Å². The fourth-order valence-electron chi connectivity index (χ4n) is 2.11. The highest BCUT2D eigenvalue weighted by atomic mass is 32.2. The number of benzene rings is 1. The molecule has 21 heavy (non-hydrogen) atoms. The molecule has 116 valence electrons. The number of morpholine rings is 1. The zero-order valence-corrected chi connectivity index (χ0v) is 13.6. The van der Waals surface area contributed by atoms with Crippen molar-refractivity contribution in [1.29, 1.82) is 0 Å². The molecule has 0 aliphatic carbocycles. The van der Waals surface area contributed by atoms with Gasteiger partial charge in [0.1, 0.15) is 11.2 Å². The van der Waals surface area contributed by atoms with E-state index in [-0.39, 0.29) is 14.0 Å². The van der Waals surface area contributed by atoms with E-state index in [1.54, 1.807) is 12.1 Å². The summed E-state index contributed by atoms with van der Waals surface area (Å²) in [6.07, 6.45) is 0.975. The molecule has 1 unspecified atom stereocenters. The van der Waals surface area contributed by atoms with E-state index in [0.29, 0.717) is 11.5 Å². The zero-order valence-electron chi connectivity index (χ0n) is 11.9. The van der Waals surface area contributed by atoms with Crippen LogP contribution in [0.2, 0.25) is 0 Å². The number of rotatable bonds is 8. The first-order valence-electron chi connectivity index (χ1n) is 7.00. The van der Waals surface area contributed by atoms with Gasteiger partial charge >= 0.3 is 0 Å². The monoisotopic (exact) mass is 329 g/mol. The van der Waals surface area contributed by atoms with Crippen molar-refractivity contribution in [2.45, 2.75) is 11.3 Å². The average molecular weight is 329 g/mol. The summed E-state index contributed by atoms with van der Waals surface area (Å²) < 4.78 is 33.0. The van der Waals surface area contributed by atoms with Crippen LogP contribution in [0.1, 0.15) is 6.42 Å². The maximum atomic E-state index is 11.6. The Morgan fingerprint density at radius 2 is 1.95 bits per heavy atom. The summed E-state index contributed by atoms with van der Waals surface area (Å²) in [6, 6.07) is 7.14. The fraction of sp³-hybridized carbons (Fsp3) is 0.571. The molecule has 1 aliphatic heterocycles. The van der Waals surface area contributed by atoms with Gasteiger partial charge in [-0.15, -0.1) is 0 Å². The Bertz CT molecular complexity index is 463. The summed E-state index contributed by atoms with van der Waals surface area (Å²) in [5.41, 5.74) is 0.139. The Morgan fingerprint density at radius 1 is 1.24 bits per heavy atom. The molecule has 1 atom stereocenters. The second-order valence-electron chi connectivity index (χ2n) is 4.73. The predicted octanol–water partition coefficient (Wildman–Crippen LogP) is 2.14. The SMILES string of the molecule is O=PCS(=O)c1ccc(OCCCN2CCOCC2)cc1. The number of hydrogen-bond donors (Lipinski definition) is 0. The van der Waals surface area contributed by atoms with E-state index in [9.17, 15) is 8.77 Å². The number of hydrogen-bond acceptors (Lipinski definition) is 5. The van der Waals surface area contributed by atoms with Gasteiger partial charge in [-0.3, -0.25) is 13.7 Å². The van der Waals surface area contributed by atoms with Crippen LogP contribution < -0.4 is 4.74 Å². The molecule has 5 nitrogen and oxygen atoms in total. The van der Waals surface area contributed by atoms with Crippen LogP contribution in [0.3, 0.4) is 0 Å². The predicted molar refractivity (Wildman–Crippen MR) is 82.7 cm³/mol. The van der Waals surface area contributed by atoms with Crippen molar-refractivity contribution >= 4 is 19.3 Å². The van der Waals surface area contributed by atoms with Crippen molar-refractivity contribution in [3.63, 3.8) is 0 Å². The van der Waals surface area contributed by atoms with Crippen LogP contribution in [-0.4, -0.2) is 54.1 Å². The summed E-state index contributed by atoms with van der Waals surface area (Å²) in [6.45, 7) is 5.33. The van der Waals surface area contributed by atoms with Crippen molar-refractivity contribution in [2.24, 2.45) is 0 Å². The van der Waals surface area contributed by atoms with Gasteiger partial charge in [-0.25, -0.2) is 0 Å². The van der Waals surface area contributed by atoms with E-state index in [2.05, 4.69) is 4.90 Å². The molecule has 7 heteroatoms. The Kier molecular flexibility index (Phi) is 7.30. The third-order valence-electron chi connectivity index (χ3n) is 3.25. The summed E-state index contributed by atoms with van der Waals surface area (Å²) in [5.74, 6) is 0.775. The van der Waals surface area contributed by atoms with E-state index in [1.165, 1.54) is 0 Å². The normalized spacial score (nSPS) is 17.7. The summed E-state index contributed by atoms with van der Waals surface area (Å²) >= 11 is 0. The molecule has 2 rings (SSSR count). The summed E-state index contributed by atoms with van der Waals surface area (Å²) in [4.78, 5) is 3.06. The fourth-order valence-corrected chi connectivity index (χ4v) is 3.53. The summed E-state index contributed by atoms with van der Waals surface area (Å²) in [7, 11) is -1.30. The van der Waals surface area contributed by atoms with E-state index in [1.807, 2.05) is 12.1 Å². The number of ether oxygens (including phenoxy) is 2. The van der Waals surface area contributed by atoms with Crippen LogP contribution in [0.15, 0.2) is 29.2 Å².